The number of benzene rings is 1. The number of carbonyl (C=O) groups is 1. The third-order valence-electron chi connectivity index (χ3n) is 2.81. The van der Waals surface area contributed by atoms with Crippen molar-refractivity contribution in [3.8, 4) is 0 Å². The lowest BCUT2D eigenvalue weighted by Gasteiger charge is -2.21. The highest BCUT2D eigenvalue weighted by atomic mass is 16.5. The molecule has 0 saturated carbocycles. The van der Waals surface area contributed by atoms with Gasteiger partial charge < -0.3 is 9.84 Å². The molecule has 0 fully saturated rings. The van der Waals surface area contributed by atoms with Crippen LogP contribution in [0.1, 0.15) is 18.1 Å². The molecule has 5 nitrogen and oxygen atoms in total. The van der Waals surface area contributed by atoms with Crippen molar-refractivity contribution in [3.63, 3.8) is 0 Å². The number of ether oxygens (including phenoxy) is 1. The van der Waals surface area contributed by atoms with Crippen LogP contribution in [0.3, 0.4) is 0 Å². The number of nitrogens with zero attached hydrogens (tertiary/aromatic N) is 2. The topological polar surface area (TPSA) is 72.3 Å². The lowest BCUT2D eigenvalue weighted by molar-refractivity contribution is -0.165. The molecule has 1 atom stereocenters. The Balaban J connectivity index is 1.93. The third-order valence-corrected chi connectivity index (χ3v) is 2.81. The summed E-state index contributed by atoms with van der Waals surface area (Å²) >= 11 is 0. The standard InChI is InChI=1S/C15H16N2O3/c1-15(19,7-12-5-3-2-4-6-12)14(18)20-10-13-8-16-11-17-9-13/h2-6,8-9,11,19H,7,10H2,1H3. The van der Waals surface area contributed by atoms with Crippen LogP contribution in [0.15, 0.2) is 49.1 Å². The van der Waals surface area contributed by atoms with E-state index in [1.807, 2.05) is 30.3 Å². The number of aromatic nitrogens is 2. The average molecular weight is 272 g/mol. The normalized spacial score (nSPS) is 13.5. The van der Waals surface area contributed by atoms with Crippen molar-refractivity contribution in [1.82, 2.24) is 9.97 Å². The molecule has 0 aliphatic heterocycles. The Morgan fingerprint density at radius 2 is 1.85 bits per heavy atom. The van der Waals surface area contributed by atoms with E-state index in [9.17, 15) is 9.90 Å². The van der Waals surface area contributed by atoms with E-state index in [0.29, 0.717) is 5.56 Å². The number of aliphatic hydroxyl groups is 1. The zero-order valence-corrected chi connectivity index (χ0v) is 11.2. The van der Waals surface area contributed by atoms with Gasteiger partial charge in [0.25, 0.3) is 0 Å². The van der Waals surface area contributed by atoms with E-state index in [1.165, 1.54) is 13.3 Å². The summed E-state index contributed by atoms with van der Waals surface area (Å²) in [4.78, 5) is 19.6. The zero-order chi connectivity index (χ0) is 14.4. The molecule has 1 heterocycles. The van der Waals surface area contributed by atoms with Crippen molar-refractivity contribution in [2.45, 2.75) is 25.6 Å². The first-order chi connectivity index (χ1) is 9.58. The van der Waals surface area contributed by atoms with Crippen LogP contribution in [0, 0.1) is 0 Å². The van der Waals surface area contributed by atoms with Gasteiger partial charge in [0.15, 0.2) is 5.60 Å². The smallest absolute Gasteiger partial charge is 0.338 e. The molecule has 0 aliphatic carbocycles. The van der Waals surface area contributed by atoms with Crippen LogP contribution in [0.2, 0.25) is 0 Å². The first-order valence-electron chi connectivity index (χ1n) is 6.25. The van der Waals surface area contributed by atoms with Crippen molar-refractivity contribution in [1.29, 1.82) is 0 Å². The summed E-state index contributed by atoms with van der Waals surface area (Å²) in [5, 5.41) is 10.2. The van der Waals surface area contributed by atoms with Crippen molar-refractivity contribution in [2.24, 2.45) is 0 Å². The fraction of sp³-hybridized carbons (Fsp3) is 0.267. The highest BCUT2D eigenvalue weighted by Gasteiger charge is 2.32. The Kier molecular flexibility index (Phi) is 4.42. The minimum absolute atomic E-state index is 0.0462. The molecule has 2 rings (SSSR count). The summed E-state index contributed by atoms with van der Waals surface area (Å²) in [5.41, 5.74) is -0.00867. The molecule has 20 heavy (non-hydrogen) atoms. The third kappa shape index (κ3) is 3.86. The number of rotatable bonds is 5. The van der Waals surface area contributed by atoms with Gasteiger partial charge in [0.2, 0.25) is 0 Å². The van der Waals surface area contributed by atoms with E-state index >= 15 is 0 Å². The van der Waals surface area contributed by atoms with E-state index in [0.717, 1.165) is 5.56 Å². The average Bonchev–Trinajstić information content (AvgIpc) is 2.46. The summed E-state index contributed by atoms with van der Waals surface area (Å²) < 4.78 is 5.10. The van der Waals surface area contributed by atoms with Crippen molar-refractivity contribution in [2.75, 3.05) is 0 Å². The molecule has 0 saturated heterocycles. The molecule has 1 aromatic carbocycles. The lowest BCUT2D eigenvalue weighted by atomic mass is 9.97. The SMILES string of the molecule is CC(O)(Cc1ccccc1)C(=O)OCc1cncnc1. The summed E-state index contributed by atoms with van der Waals surface area (Å²) in [6.45, 7) is 1.49. The predicted molar refractivity (Wildman–Crippen MR) is 72.6 cm³/mol. The molecule has 1 N–H and O–H groups in total. The summed E-state index contributed by atoms with van der Waals surface area (Å²) in [6.07, 6.45) is 4.73. The minimum atomic E-state index is -1.56. The van der Waals surface area contributed by atoms with Gasteiger partial charge in [-0.05, 0) is 12.5 Å². The molecule has 1 unspecified atom stereocenters. The predicted octanol–water partition coefficient (Wildman–Crippen LogP) is 1.51. The molecular weight excluding hydrogens is 256 g/mol. The molecule has 0 spiro atoms. The molecule has 0 bridgehead atoms. The van der Waals surface area contributed by atoms with Crippen LogP contribution in [-0.2, 0) is 22.6 Å². The second kappa shape index (κ2) is 6.25. The van der Waals surface area contributed by atoms with Crippen LogP contribution in [-0.4, -0.2) is 26.6 Å². The second-order valence-corrected chi connectivity index (χ2v) is 4.76. The van der Waals surface area contributed by atoms with Crippen molar-refractivity contribution >= 4 is 5.97 Å². The fourth-order valence-electron chi connectivity index (χ4n) is 1.77. The Morgan fingerprint density at radius 3 is 2.50 bits per heavy atom. The van der Waals surface area contributed by atoms with Gasteiger partial charge in [0.05, 0.1) is 0 Å². The molecular formula is C15H16N2O3. The maximum Gasteiger partial charge on any atom is 0.338 e. The zero-order valence-electron chi connectivity index (χ0n) is 11.2. The van der Waals surface area contributed by atoms with E-state index in [1.54, 1.807) is 12.4 Å². The first-order valence-corrected chi connectivity index (χ1v) is 6.25. The molecule has 0 aliphatic rings. The Morgan fingerprint density at radius 1 is 1.20 bits per heavy atom. The van der Waals surface area contributed by atoms with Gasteiger partial charge in [-0.15, -0.1) is 0 Å². The van der Waals surface area contributed by atoms with Gasteiger partial charge in [-0.1, -0.05) is 30.3 Å². The van der Waals surface area contributed by atoms with Crippen molar-refractivity contribution < 1.29 is 14.6 Å². The highest BCUT2D eigenvalue weighted by molar-refractivity contribution is 5.79. The molecule has 104 valence electrons. The van der Waals surface area contributed by atoms with E-state index < -0.39 is 11.6 Å². The highest BCUT2D eigenvalue weighted by Crippen LogP contribution is 2.15. The van der Waals surface area contributed by atoms with E-state index in [4.69, 9.17) is 4.74 Å². The minimum Gasteiger partial charge on any atom is -0.459 e. The van der Waals surface area contributed by atoms with Crippen LogP contribution in [0.25, 0.3) is 0 Å². The van der Waals surface area contributed by atoms with Crippen LogP contribution >= 0.6 is 0 Å². The van der Waals surface area contributed by atoms with Crippen molar-refractivity contribution in [3.05, 3.63) is 60.2 Å². The number of hydrogen-bond donors (Lipinski definition) is 1. The molecule has 1 aromatic heterocycles. The van der Waals surface area contributed by atoms with Gasteiger partial charge in [-0.25, -0.2) is 14.8 Å². The van der Waals surface area contributed by atoms with E-state index in [-0.39, 0.29) is 13.0 Å². The lowest BCUT2D eigenvalue weighted by Crippen LogP contribution is -2.39. The molecule has 0 amide bonds. The summed E-state index contributed by atoms with van der Waals surface area (Å²) in [6, 6.07) is 9.31. The Labute approximate surface area is 117 Å². The van der Waals surface area contributed by atoms with Gasteiger partial charge >= 0.3 is 5.97 Å². The number of hydrogen-bond acceptors (Lipinski definition) is 5. The largest absolute Gasteiger partial charge is 0.459 e. The molecule has 5 heteroatoms. The fourth-order valence-corrected chi connectivity index (χ4v) is 1.77. The van der Waals surface area contributed by atoms with Gasteiger partial charge in [0, 0.05) is 24.4 Å². The maximum atomic E-state index is 11.9. The van der Waals surface area contributed by atoms with Crippen LogP contribution < -0.4 is 0 Å². The molecule has 0 radical (unpaired) electrons. The Bertz CT molecular complexity index is 556. The summed E-state index contributed by atoms with van der Waals surface area (Å²) in [7, 11) is 0. The van der Waals surface area contributed by atoms with Crippen LogP contribution in [0.5, 0.6) is 0 Å². The second-order valence-electron chi connectivity index (χ2n) is 4.76. The monoisotopic (exact) mass is 272 g/mol. The number of carbonyl (C=O) groups excluding carboxylic acids is 1. The Hall–Kier alpha value is -2.27. The summed E-state index contributed by atoms with van der Waals surface area (Å²) in [5.74, 6) is -0.662. The first kappa shape index (κ1) is 14.1. The number of esters is 1. The maximum absolute atomic E-state index is 11.9. The van der Waals surface area contributed by atoms with Gasteiger partial charge in [0.1, 0.15) is 12.9 Å². The van der Waals surface area contributed by atoms with Crippen LogP contribution in [0.4, 0.5) is 0 Å². The van der Waals surface area contributed by atoms with Gasteiger partial charge in [-0.3, -0.25) is 0 Å². The quantitative estimate of drug-likeness (QED) is 0.835. The van der Waals surface area contributed by atoms with E-state index in [2.05, 4.69) is 9.97 Å². The van der Waals surface area contributed by atoms with Gasteiger partial charge in [-0.2, -0.15) is 0 Å². The molecule has 2 aromatic rings.